The number of rotatable bonds is 4. The highest BCUT2D eigenvalue weighted by atomic mass is 16.5. The first-order valence-corrected chi connectivity index (χ1v) is 4.49. The molecule has 0 saturated heterocycles. The molecule has 0 bridgehead atoms. The predicted octanol–water partition coefficient (Wildman–Crippen LogP) is 0.589. The van der Waals surface area contributed by atoms with E-state index in [0.717, 1.165) is 12.8 Å². The average Bonchev–Trinajstić information content (AvgIpc) is 2.86. The van der Waals surface area contributed by atoms with Crippen molar-refractivity contribution in [2.45, 2.75) is 26.7 Å². The van der Waals surface area contributed by atoms with Gasteiger partial charge in [-0.25, -0.2) is 4.79 Å². The normalized spacial score (nSPS) is 16.7. The highest BCUT2D eigenvalue weighted by Crippen LogP contribution is 2.45. The Kier molecular flexibility index (Phi) is 2.81. The number of carbonyl (C=O) groups is 2. The third-order valence-electron chi connectivity index (χ3n) is 2.33. The maximum atomic E-state index is 11.6. The number of ether oxygens (including phenoxy) is 1. The first kappa shape index (κ1) is 10.6. The summed E-state index contributed by atoms with van der Waals surface area (Å²) < 4.78 is 4.59. The molecule has 0 unspecified atom stereocenters. The summed E-state index contributed by atoms with van der Waals surface area (Å²) in [6.07, 6.45) is 1.45. The van der Waals surface area contributed by atoms with E-state index in [2.05, 4.69) is 9.53 Å². The maximum absolute atomic E-state index is 11.6. The molecule has 0 aromatic rings. The zero-order valence-electron chi connectivity index (χ0n) is 8.24. The van der Waals surface area contributed by atoms with E-state index >= 15 is 0 Å². The smallest absolute Gasteiger partial charge is 0.442 e. The van der Waals surface area contributed by atoms with Crippen LogP contribution in [0.5, 0.6) is 0 Å². The van der Waals surface area contributed by atoms with Gasteiger partial charge in [-0.1, -0.05) is 6.92 Å². The molecule has 1 aliphatic rings. The van der Waals surface area contributed by atoms with Gasteiger partial charge in [-0.3, -0.25) is 4.79 Å². The van der Waals surface area contributed by atoms with Gasteiger partial charge in [0.15, 0.2) is 0 Å². The molecule has 0 aromatic heterocycles. The van der Waals surface area contributed by atoms with Crippen LogP contribution in [0.25, 0.3) is 5.53 Å². The Hall–Kier alpha value is -1.48. The van der Waals surface area contributed by atoms with E-state index in [4.69, 9.17) is 5.53 Å². The molecule has 14 heavy (non-hydrogen) atoms. The maximum Gasteiger partial charge on any atom is 0.442 e. The summed E-state index contributed by atoms with van der Waals surface area (Å²) in [5.74, 6) is -1.29. The van der Waals surface area contributed by atoms with Crippen molar-refractivity contribution >= 4 is 17.5 Å². The SMILES string of the molecule is CCOC(=O)C(=[N+]=[N-])C(=O)C1(C)CC1. The summed E-state index contributed by atoms with van der Waals surface area (Å²) in [5, 5.41) is 0. The number of Topliss-reactive ketones (excluding diaryl/α,β-unsaturated/α-hetero) is 1. The Labute approximate surface area is 81.7 Å². The van der Waals surface area contributed by atoms with Crippen LogP contribution >= 0.6 is 0 Å². The second-order valence-electron chi connectivity index (χ2n) is 3.56. The third-order valence-corrected chi connectivity index (χ3v) is 2.33. The zero-order chi connectivity index (χ0) is 10.8. The van der Waals surface area contributed by atoms with Gasteiger partial charge in [0.25, 0.3) is 5.78 Å². The minimum Gasteiger partial charge on any atom is -0.457 e. The molecule has 1 aliphatic carbocycles. The number of ketones is 1. The third kappa shape index (κ3) is 1.88. The molecular formula is C9H12N2O3. The van der Waals surface area contributed by atoms with E-state index in [0.29, 0.717) is 0 Å². The van der Waals surface area contributed by atoms with Crippen LogP contribution in [0.4, 0.5) is 0 Å². The first-order chi connectivity index (χ1) is 6.55. The van der Waals surface area contributed by atoms with Crippen LogP contribution in [0.2, 0.25) is 0 Å². The topological polar surface area (TPSA) is 79.8 Å². The van der Waals surface area contributed by atoms with Gasteiger partial charge in [0.05, 0.1) is 6.61 Å². The fourth-order valence-corrected chi connectivity index (χ4v) is 1.08. The average molecular weight is 196 g/mol. The monoisotopic (exact) mass is 196 g/mol. The molecule has 0 N–H and O–H groups in total. The number of hydrogen-bond acceptors (Lipinski definition) is 3. The molecule has 0 atom stereocenters. The van der Waals surface area contributed by atoms with Crippen LogP contribution in [0, 0.1) is 5.41 Å². The molecule has 0 spiro atoms. The van der Waals surface area contributed by atoms with Gasteiger partial charge in [0, 0.05) is 5.41 Å². The van der Waals surface area contributed by atoms with E-state index in [-0.39, 0.29) is 6.61 Å². The van der Waals surface area contributed by atoms with Gasteiger partial charge in [0.2, 0.25) is 0 Å². The predicted molar refractivity (Wildman–Crippen MR) is 47.6 cm³/mol. The minimum atomic E-state index is -0.854. The molecular weight excluding hydrogens is 184 g/mol. The fraction of sp³-hybridized carbons (Fsp3) is 0.667. The lowest BCUT2D eigenvalue weighted by molar-refractivity contribution is -0.142. The number of esters is 1. The molecule has 1 rings (SSSR count). The standard InChI is InChI=1S/C9H12N2O3/c1-3-14-8(13)6(11-10)7(12)9(2)4-5-9/h3-5H2,1-2H3. The van der Waals surface area contributed by atoms with Crippen molar-refractivity contribution in [3.8, 4) is 0 Å². The highest BCUT2D eigenvalue weighted by molar-refractivity contribution is 6.63. The van der Waals surface area contributed by atoms with Crippen molar-refractivity contribution < 1.29 is 19.1 Å². The number of carbonyl (C=O) groups excluding carboxylic acids is 2. The molecule has 5 heteroatoms. The molecule has 0 heterocycles. The van der Waals surface area contributed by atoms with Crippen molar-refractivity contribution in [3.63, 3.8) is 0 Å². The van der Waals surface area contributed by atoms with Gasteiger partial charge in [-0.2, -0.15) is 4.79 Å². The summed E-state index contributed by atoms with van der Waals surface area (Å²) >= 11 is 0. The quantitative estimate of drug-likeness (QED) is 0.217. The molecule has 1 fully saturated rings. The minimum absolute atomic E-state index is 0.155. The van der Waals surface area contributed by atoms with E-state index in [1.807, 2.05) is 0 Å². The number of nitrogens with zero attached hydrogens (tertiary/aromatic N) is 2. The summed E-state index contributed by atoms with van der Waals surface area (Å²) in [6, 6.07) is 0. The van der Waals surface area contributed by atoms with Gasteiger partial charge >= 0.3 is 11.7 Å². The van der Waals surface area contributed by atoms with Crippen LogP contribution in [-0.2, 0) is 14.3 Å². The Morgan fingerprint density at radius 1 is 1.50 bits per heavy atom. The summed E-state index contributed by atoms with van der Waals surface area (Å²) in [5.41, 5.74) is 7.54. The lowest BCUT2D eigenvalue weighted by Crippen LogP contribution is -2.32. The van der Waals surface area contributed by atoms with Crippen molar-refractivity contribution in [1.29, 1.82) is 0 Å². The van der Waals surface area contributed by atoms with Gasteiger partial charge in [0.1, 0.15) is 0 Å². The largest absolute Gasteiger partial charge is 0.457 e. The lowest BCUT2D eigenvalue weighted by Gasteiger charge is -2.01. The Bertz CT molecular complexity index is 325. The summed E-state index contributed by atoms with van der Waals surface area (Å²) in [4.78, 5) is 25.4. The van der Waals surface area contributed by atoms with Crippen LogP contribution in [-0.4, -0.2) is 28.9 Å². The summed E-state index contributed by atoms with van der Waals surface area (Å²) in [7, 11) is 0. The van der Waals surface area contributed by atoms with E-state index in [1.54, 1.807) is 13.8 Å². The van der Waals surface area contributed by atoms with Crippen LogP contribution in [0.1, 0.15) is 26.7 Å². The molecule has 1 saturated carbocycles. The Balaban J connectivity index is 2.78. The summed E-state index contributed by atoms with van der Waals surface area (Å²) in [6.45, 7) is 3.51. The van der Waals surface area contributed by atoms with E-state index in [1.165, 1.54) is 0 Å². The van der Waals surface area contributed by atoms with E-state index in [9.17, 15) is 9.59 Å². The van der Waals surface area contributed by atoms with Gasteiger partial charge in [-0.15, -0.1) is 0 Å². The Morgan fingerprint density at radius 2 is 2.07 bits per heavy atom. The molecule has 76 valence electrons. The zero-order valence-corrected chi connectivity index (χ0v) is 8.24. The molecule has 0 aliphatic heterocycles. The van der Waals surface area contributed by atoms with Crippen molar-refractivity contribution in [1.82, 2.24) is 0 Å². The molecule has 0 amide bonds. The number of hydrogen-bond donors (Lipinski definition) is 0. The van der Waals surface area contributed by atoms with Crippen molar-refractivity contribution in [2.24, 2.45) is 5.41 Å². The van der Waals surface area contributed by atoms with Crippen LogP contribution < -0.4 is 0 Å². The van der Waals surface area contributed by atoms with Crippen molar-refractivity contribution in [3.05, 3.63) is 5.53 Å². The lowest BCUT2D eigenvalue weighted by atomic mass is 10.00. The Morgan fingerprint density at radius 3 is 2.43 bits per heavy atom. The highest BCUT2D eigenvalue weighted by Gasteiger charge is 2.52. The fourth-order valence-electron chi connectivity index (χ4n) is 1.08. The van der Waals surface area contributed by atoms with Gasteiger partial charge < -0.3 is 10.3 Å². The van der Waals surface area contributed by atoms with Crippen LogP contribution in [0.15, 0.2) is 0 Å². The van der Waals surface area contributed by atoms with Gasteiger partial charge in [-0.05, 0) is 19.8 Å². The second-order valence-corrected chi connectivity index (χ2v) is 3.56. The van der Waals surface area contributed by atoms with Crippen molar-refractivity contribution in [2.75, 3.05) is 6.61 Å². The van der Waals surface area contributed by atoms with E-state index < -0.39 is 22.9 Å². The van der Waals surface area contributed by atoms with Crippen LogP contribution in [0.3, 0.4) is 0 Å². The first-order valence-electron chi connectivity index (χ1n) is 4.49. The molecule has 5 nitrogen and oxygen atoms in total. The molecule has 0 aromatic carbocycles. The molecule has 0 radical (unpaired) electrons. The second kappa shape index (κ2) is 3.72.